The number of carbonyl (C=O) groups excluding carboxylic acids is 1. The predicted octanol–water partition coefficient (Wildman–Crippen LogP) is 2.70. The lowest BCUT2D eigenvalue weighted by molar-refractivity contribution is -0.116. The average Bonchev–Trinajstić information content (AvgIpc) is 2.58. The van der Waals surface area contributed by atoms with Crippen LogP contribution in [-0.2, 0) is 11.3 Å². The van der Waals surface area contributed by atoms with Gasteiger partial charge in [0, 0.05) is 17.9 Å². The Kier molecular flexibility index (Phi) is 4.33. The molecule has 7 heteroatoms. The molecule has 0 aliphatic rings. The Bertz CT molecular complexity index is 969. The van der Waals surface area contributed by atoms with Crippen LogP contribution >= 0.6 is 0 Å². The Morgan fingerprint density at radius 3 is 2.79 bits per heavy atom. The minimum absolute atomic E-state index is 0.00415. The van der Waals surface area contributed by atoms with Gasteiger partial charge in [0.2, 0.25) is 11.3 Å². The van der Waals surface area contributed by atoms with E-state index in [0.717, 1.165) is 18.2 Å². The van der Waals surface area contributed by atoms with E-state index in [9.17, 15) is 18.4 Å². The van der Waals surface area contributed by atoms with Gasteiger partial charge < -0.3 is 5.32 Å². The average molecular weight is 329 g/mol. The molecular weight excluding hydrogens is 316 g/mol. The maximum Gasteiger partial charge on any atom is 0.226 e. The zero-order chi connectivity index (χ0) is 17.1. The predicted molar refractivity (Wildman–Crippen MR) is 85.6 cm³/mol. The van der Waals surface area contributed by atoms with Crippen LogP contribution in [0.5, 0.6) is 0 Å². The summed E-state index contributed by atoms with van der Waals surface area (Å²) >= 11 is 0. The fourth-order valence-electron chi connectivity index (χ4n) is 2.35. The van der Waals surface area contributed by atoms with E-state index in [1.54, 1.807) is 24.3 Å². The topological polar surface area (TPSA) is 64.0 Å². The van der Waals surface area contributed by atoms with Gasteiger partial charge in [0.25, 0.3) is 0 Å². The number of hydrogen-bond acceptors (Lipinski definition) is 3. The van der Waals surface area contributed by atoms with Gasteiger partial charge in [0.05, 0.1) is 23.9 Å². The molecule has 0 fully saturated rings. The van der Waals surface area contributed by atoms with E-state index in [0.29, 0.717) is 10.9 Å². The number of hydrogen-bond donors (Lipinski definition) is 1. The van der Waals surface area contributed by atoms with E-state index in [2.05, 4.69) is 10.4 Å². The van der Waals surface area contributed by atoms with Crippen LogP contribution in [0.2, 0.25) is 0 Å². The normalized spacial score (nSPS) is 10.8. The first-order valence-electron chi connectivity index (χ1n) is 7.24. The third-order valence-electron chi connectivity index (χ3n) is 3.52. The van der Waals surface area contributed by atoms with E-state index >= 15 is 0 Å². The third kappa shape index (κ3) is 3.29. The molecule has 0 atom stereocenters. The maximum atomic E-state index is 13.5. The SMILES string of the molecule is O=C(CCn1ncc(=O)c2ccccc21)Nc1cc(F)ccc1F. The summed E-state index contributed by atoms with van der Waals surface area (Å²) in [6, 6.07) is 9.75. The Balaban J connectivity index is 1.74. The molecule has 0 aliphatic carbocycles. The van der Waals surface area contributed by atoms with Gasteiger partial charge in [0.1, 0.15) is 11.6 Å². The van der Waals surface area contributed by atoms with Crippen LogP contribution in [0.3, 0.4) is 0 Å². The smallest absolute Gasteiger partial charge is 0.226 e. The molecule has 0 bridgehead atoms. The molecule has 0 saturated heterocycles. The molecule has 5 nitrogen and oxygen atoms in total. The number of nitrogens with one attached hydrogen (secondary N) is 1. The number of halogens is 2. The largest absolute Gasteiger partial charge is 0.323 e. The molecule has 0 unspecified atom stereocenters. The van der Waals surface area contributed by atoms with E-state index < -0.39 is 17.5 Å². The molecule has 1 heterocycles. The molecule has 0 aliphatic heterocycles. The van der Waals surface area contributed by atoms with Crippen LogP contribution in [0.15, 0.2) is 53.5 Å². The van der Waals surface area contributed by atoms with Crippen LogP contribution in [-0.4, -0.2) is 15.7 Å². The fourth-order valence-corrected chi connectivity index (χ4v) is 2.35. The number of aromatic nitrogens is 2. The van der Waals surface area contributed by atoms with Crippen molar-refractivity contribution in [1.29, 1.82) is 0 Å². The second kappa shape index (κ2) is 6.57. The zero-order valence-electron chi connectivity index (χ0n) is 12.5. The van der Waals surface area contributed by atoms with Gasteiger partial charge in [-0.25, -0.2) is 8.78 Å². The van der Waals surface area contributed by atoms with Crippen molar-refractivity contribution >= 4 is 22.5 Å². The molecule has 3 rings (SSSR count). The first-order valence-corrected chi connectivity index (χ1v) is 7.24. The lowest BCUT2D eigenvalue weighted by atomic mass is 10.2. The number of carbonyl (C=O) groups is 1. The van der Waals surface area contributed by atoms with Crippen molar-refractivity contribution < 1.29 is 13.6 Å². The highest BCUT2D eigenvalue weighted by molar-refractivity contribution is 5.90. The van der Waals surface area contributed by atoms with Gasteiger partial charge in [0.15, 0.2) is 0 Å². The highest BCUT2D eigenvalue weighted by Gasteiger charge is 2.10. The van der Waals surface area contributed by atoms with E-state index in [1.165, 1.54) is 10.9 Å². The number of anilines is 1. The lowest BCUT2D eigenvalue weighted by Crippen LogP contribution is -2.18. The number of aryl methyl sites for hydroxylation is 1. The number of benzene rings is 2. The number of rotatable bonds is 4. The van der Waals surface area contributed by atoms with Crippen LogP contribution in [0.1, 0.15) is 6.42 Å². The molecule has 1 aromatic heterocycles. The van der Waals surface area contributed by atoms with Crippen molar-refractivity contribution in [2.45, 2.75) is 13.0 Å². The summed E-state index contributed by atoms with van der Waals surface area (Å²) in [7, 11) is 0. The van der Waals surface area contributed by atoms with Crippen molar-refractivity contribution in [1.82, 2.24) is 9.78 Å². The van der Waals surface area contributed by atoms with Gasteiger partial charge in [-0.15, -0.1) is 0 Å². The second-order valence-electron chi connectivity index (χ2n) is 5.17. The maximum absolute atomic E-state index is 13.5. The Labute approximate surface area is 135 Å². The summed E-state index contributed by atoms with van der Waals surface area (Å²) in [5.74, 6) is -1.83. The van der Waals surface area contributed by atoms with Gasteiger partial charge >= 0.3 is 0 Å². The number of amides is 1. The Hall–Kier alpha value is -3.09. The van der Waals surface area contributed by atoms with Gasteiger partial charge in [-0.2, -0.15) is 5.10 Å². The summed E-state index contributed by atoms with van der Waals surface area (Å²) in [5.41, 5.74) is 0.195. The van der Waals surface area contributed by atoms with Gasteiger partial charge in [-0.05, 0) is 24.3 Å². The number of fused-ring (bicyclic) bond motifs is 1. The molecule has 2 aromatic carbocycles. The van der Waals surface area contributed by atoms with E-state index in [4.69, 9.17) is 0 Å². The van der Waals surface area contributed by atoms with Crippen LogP contribution < -0.4 is 10.7 Å². The summed E-state index contributed by atoms with van der Waals surface area (Å²) < 4.78 is 28.1. The molecule has 1 amide bonds. The second-order valence-corrected chi connectivity index (χ2v) is 5.17. The lowest BCUT2D eigenvalue weighted by Gasteiger charge is -2.10. The molecule has 3 aromatic rings. The Morgan fingerprint density at radius 2 is 1.96 bits per heavy atom. The first kappa shape index (κ1) is 15.8. The minimum Gasteiger partial charge on any atom is -0.323 e. The van der Waals surface area contributed by atoms with Crippen molar-refractivity contribution in [3.05, 3.63) is 70.5 Å². The molecule has 0 saturated carbocycles. The number of para-hydroxylation sites is 1. The van der Waals surface area contributed by atoms with E-state index in [-0.39, 0.29) is 24.1 Å². The minimum atomic E-state index is -0.711. The fraction of sp³-hybridized carbons (Fsp3) is 0.118. The van der Waals surface area contributed by atoms with Gasteiger partial charge in [-0.3, -0.25) is 14.3 Å². The highest BCUT2D eigenvalue weighted by atomic mass is 19.1. The van der Waals surface area contributed by atoms with Gasteiger partial charge in [-0.1, -0.05) is 12.1 Å². The molecule has 122 valence electrons. The van der Waals surface area contributed by atoms with E-state index in [1.807, 2.05) is 0 Å². The number of nitrogens with zero attached hydrogens (tertiary/aromatic N) is 2. The summed E-state index contributed by atoms with van der Waals surface area (Å²) in [6.07, 6.45) is 1.18. The quantitative estimate of drug-likeness (QED) is 0.800. The van der Waals surface area contributed by atoms with Crippen molar-refractivity contribution in [3.63, 3.8) is 0 Å². The zero-order valence-corrected chi connectivity index (χ0v) is 12.5. The molecule has 0 radical (unpaired) electrons. The van der Waals surface area contributed by atoms with Crippen LogP contribution in [0.25, 0.3) is 10.9 Å². The van der Waals surface area contributed by atoms with Crippen LogP contribution in [0, 0.1) is 11.6 Å². The molecular formula is C17H13F2N3O2. The molecule has 0 spiro atoms. The molecule has 1 N–H and O–H groups in total. The monoisotopic (exact) mass is 329 g/mol. The first-order chi connectivity index (χ1) is 11.5. The summed E-state index contributed by atoms with van der Waals surface area (Å²) in [5, 5.41) is 6.83. The third-order valence-corrected chi connectivity index (χ3v) is 3.52. The van der Waals surface area contributed by atoms with Crippen molar-refractivity contribution in [2.24, 2.45) is 0 Å². The van der Waals surface area contributed by atoms with Crippen molar-refractivity contribution in [3.8, 4) is 0 Å². The van der Waals surface area contributed by atoms with Crippen LogP contribution in [0.4, 0.5) is 14.5 Å². The molecule has 24 heavy (non-hydrogen) atoms. The summed E-state index contributed by atoms with van der Waals surface area (Å²) in [4.78, 5) is 23.7. The standard InChI is InChI=1S/C17H13F2N3O2/c18-11-5-6-13(19)14(9-11)21-17(24)7-8-22-15-4-2-1-3-12(15)16(23)10-20-22/h1-6,9-10H,7-8H2,(H,21,24). The Morgan fingerprint density at radius 1 is 1.17 bits per heavy atom. The summed E-state index contributed by atoms with van der Waals surface area (Å²) in [6.45, 7) is 0.198. The highest BCUT2D eigenvalue weighted by Crippen LogP contribution is 2.15. The van der Waals surface area contributed by atoms with Crippen molar-refractivity contribution in [2.75, 3.05) is 5.32 Å².